The number of Topliss-reactive ketones (excluding diaryl/α,β-unsaturated/α-hetero) is 1. The number of nitrogens with two attached hydrogens (primary N) is 1. The number of rotatable bonds is 3. The molecule has 1 unspecified atom stereocenters. The van der Waals surface area contributed by atoms with Crippen molar-refractivity contribution < 1.29 is 4.79 Å². The molecule has 2 N–H and O–H groups in total. The summed E-state index contributed by atoms with van der Waals surface area (Å²) in [5.41, 5.74) is 6.44. The molecule has 0 aliphatic rings. The molecule has 0 fully saturated rings. The maximum absolute atomic E-state index is 11.2. The predicted octanol–water partition coefficient (Wildman–Crippen LogP) is 0.399. The number of ketones is 1. The monoisotopic (exact) mass is 167 g/mol. The molecule has 0 radical (unpaired) electrons. The van der Waals surface area contributed by atoms with Crippen molar-refractivity contribution in [1.82, 2.24) is 9.78 Å². The molecule has 1 atom stereocenters. The molecule has 1 aromatic heterocycles. The van der Waals surface area contributed by atoms with Crippen LogP contribution < -0.4 is 5.73 Å². The van der Waals surface area contributed by atoms with Gasteiger partial charge in [0.25, 0.3) is 0 Å². The van der Waals surface area contributed by atoms with Gasteiger partial charge in [0.2, 0.25) is 0 Å². The summed E-state index contributed by atoms with van der Waals surface area (Å²) in [5.74, 6) is 0.0444. The lowest BCUT2D eigenvalue weighted by atomic mass is 10.1. The summed E-state index contributed by atoms with van der Waals surface area (Å²) in [4.78, 5) is 11.2. The Bertz CT molecular complexity index is 280. The van der Waals surface area contributed by atoms with Crippen molar-refractivity contribution >= 4 is 5.78 Å². The van der Waals surface area contributed by atoms with E-state index in [-0.39, 0.29) is 5.78 Å². The zero-order valence-corrected chi connectivity index (χ0v) is 7.32. The molecule has 0 aromatic carbocycles. The van der Waals surface area contributed by atoms with Crippen molar-refractivity contribution in [3.8, 4) is 0 Å². The molecule has 0 bridgehead atoms. The van der Waals surface area contributed by atoms with Crippen LogP contribution in [0.4, 0.5) is 0 Å². The molecule has 0 spiro atoms. The first kappa shape index (κ1) is 8.93. The van der Waals surface area contributed by atoms with Gasteiger partial charge >= 0.3 is 0 Å². The Hall–Kier alpha value is -1.16. The number of aryl methyl sites for hydroxylation is 1. The first-order valence-electron chi connectivity index (χ1n) is 3.92. The van der Waals surface area contributed by atoms with E-state index in [4.69, 9.17) is 5.73 Å². The molecule has 0 amide bonds. The SMILES string of the molecule is CCC(=O)C(N)c1cnn(C)c1. The van der Waals surface area contributed by atoms with Crippen LogP contribution in [-0.4, -0.2) is 15.6 Å². The summed E-state index contributed by atoms with van der Waals surface area (Å²) in [5, 5.41) is 3.94. The van der Waals surface area contributed by atoms with Crippen molar-refractivity contribution in [2.24, 2.45) is 12.8 Å². The van der Waals surface area contributed by atoms with Crippen molar-refractivity contribution in [1.29, 1.82) is 0 Å². The van der Waals surface area contributed by atoms with Gasteiger partial charge in [-0.15, -0.1) is 0 Å². The Morgan fingerprint density at radius 1 is 1.83 bits per heavy atom. The van der Waals surface area contributed by atoms with Gasteiger partial charge in [-0.3, -0.25) is 9.48 Å². The number of hydrogen-bond donors (Lipinski definition) is 1. The highest BCUT2D eigenvalue weighted by molar-refractivity contribution is 5.84. The summed E-state index contributed by atoms with van der Waals surface area (Å²) < 4.78 is 1.64. The van der Waals surface area contributed by atoms with E-state index >= 15 is 0 Å². The third kappa shape index (κ3) is 1.71. The Morgan fingerprint density at radius 3 is 2.92 bits per heavy atom. The highest BCUT2D eigenvalue weighted by atomic mass is 16.1. The van der Waals surface area contributed by atoms with Gasteiger partial charge in [-0.05, 0) is 0 Å². The van der Waals surface area contributed by atoms with Crippen LogP contribution in [0.2, 0.25) is 0 Å². The quantitative estimate of drug-likeness (QED) is 0.708. The maximum atomic E-state index is 11.2. The molecule has 1 rings (SSSR count). The van der Waals surface area contributed by atoms with E-state index in [1.807, 2.05) is 0 Å². The minimum atomic E-state index is -0.510. The number of carbonyl (C=O) groups is 1. The van der Waals surface area contributed by atoms with Crippen LogP contribution in [-0.2, 0) is 11.8 Å². The summed E-state index contributed by atoms with van der Waals surface area (Å²) in [6, 6.07) is -0.510. The first-order chi connectivity index (χ1) is 5.65. The van der Waals surface area contributed by atoms with Crippen LogP contribution in [0.15, 0.2) is 12.4 Å². The van der Waals surface area contributed by atoms with Crippen LogP contribution in [0.3, 0.4) is 0 Å². The van der Waals surface area contributed by atoms with Crippen molar-refractivity contribution in [2.45, 2.75) is 19.4 Å². The summed E-state index contributed by atoms with van der Waals surface area (Å²) in [6.07, 6.45) is 3.85. The zero-order valence-electron chi connectivity index (χ0n) is 7.32. The van der Waals surface area contributed by atoms with Crippen LogP contribution >= 0.6 is 0 Å². The minimum absolute atomic E-state index is 0.0444. The van der Waals surface area contributed by atoms with Gasteiger partial charge < -0.3 is 5.73 Å². The molecule has 4 heteroatoms. The van der Waals surface area contributed by atoms with Crippen molar-refractivity contribution in [3.63, 3.8) is 0 Å². The first-order valence-corrected chi connectivity index (χ1v) is 3.92. The lowest BCUT2D eigenvalue weighted by Gasteiger charge is -2.04. The average Bonchev–Trinajstić information content (AvgIpc) is 2.49. The molecule has 12 heavy (non-hydrogen) atoms. The van der Waals surface area contributed by atoms with E-state index in [1.54, 1.807) is 31.0 Å². The van der Waals surface area contributed by atoms with E-state index in [0.29, 0.717) is 6.42 Å². The van der Waals surface area contributed by atoms with E-state index in [9.17, 15) is 4.79 Å². The van der Waals surface area contributed by atoms with Gasteiger partial charge in [-0.1, -0.05) is 6.92 Å². The van der Waals surface area contributed by atoms with Crippen molar-refractivity contribution in [2.75, 3.05) is 0 Å². The van der Waals surface area contributed by atoms with Crippen LogP contribution in [0, 0.1) is 0 Å². The largest absolute Gasteiger partial charge is 0.318 e. The Balaban J connectivity index is 2.77. The number of hydrogen-bond acceptors (Lipinski definition) is 3. The molecule has 66 valence electrons. The Morgan fingerprint density at radius 2 is 2.50 bits per heavy atom. The second kappa shape index (κ2) is 3.49. The molecular formula is C8H13N3O. The van der Waals surface area contributed by atoms with Gasteiger partial charge in [0.15, 0.2) is 5.78 Å². The average molecular weight is 167 g/mol. The van der Waals surface area contributed by atoms with Gasteiger partial charge in [0.1, 0.15) is 0 Å². The van der Waals surface area contributed by atoms with Crippen LogP contribution in [0.1, 0.15) is 24.9 Å². The predicted molar refractivity (Wildman–Crippen MR) is 45.4 cm³/mol. The second-order valence-corrected chi connectivity index (χ2v) is 2.74. The molecule has 0 aliphatic carbocycles. The maximum Gasteiger partial charge on any atom is 0.153 e. The molecule has 4 nitrogen and oxygen atoms in total. The molecule has 0 saturated carbocycles. The van der Waals surface area contributed by atoms with Crippen LogP contribution in [0.5, 0.6) is 0 Å². The lowest BCUT2D eigenvalue weighted by molar-refractivity contribution is -0.120. The zero-order chi connectivity index (χ0) is 9.14. The minimum Gasteiger partial charge on any atom is -0.318 e. The third-order valence-electron chi connectivity index (χ3n) is 1.78. The van der Waals surface area contributed by atoms with E-state index in [1.165, 1.54) is 0 Å². The highest BCUT2D eigenvalue weighted by Crippen LogP contribution is 2.10. The topological polar surface area (TPSA) is 60.9 Å². The number of carbonyl (C=O) groups excluding carboxylic acids is 1. The molecule has 1 aromatic rings. The highest BCUT2D eigenvalue weighted by Gasteiger charge is 2.14. The van der Waals surface area contributed by atoms with E-state index in [2.05, 4.69) is 5.10 Å². The fraction of sp³-hybridized carbons (Fsp3) is 0.500. The molecular weight excluding hydrogens is 154 g/mol. The lowest BCUT2D eigenvalue weighted by Crippen LogP contribution is -2.19. The van der Waals surface area contributed by atoms with E-state index in [0.717, 1.165) is 5.56 Å². The molecule has 1 heterocycles. The number of aromatic nitrogens is 2. The normalized spacial score (nSPS) is 12.9. The summed E-state index contributed by atoms with van der Waals surface area (Å²) in [7, 11) is 1.80. The molecule has 0 saturated heterocycles. The second-order valence-electron chi connectivity index (χ2n) is 2.74. The van der Waals surface area contributed by atoms with Crippen molar-refractivity contribution in [3.05, 3.63) is 18.0 Å². The van der Waals surface area contributed by atoms with Gasteiger partial charge in [0, 0.05) is 25.2 Å². The summed E-state index contributed by atoms with van der Waals surface area (Å²) >= 11 is 0. The van der Waals surface area contributed by atoms with E-state index < -0.39 is 6.04 Å². The fourth-order valence-corrected chi connectivity index (χ4v) is 1.01. The Kier molecular flexibility index (Phi) is 2.60. The fourth-order valence-electron chi connectivity index (χ4n) is 1.01. The van der Waals surface area contributed by atoms with Gasteiger partial charge in [0.05, 0.1) is 12.2 Å². The van der Waals surface area contributed by atoms with Crippen LogP contribution in [0.25, 0.3) is 0 Å². The standard InChI is InChI=1S/C8H13N3O/c1-3-7(12)8(9)6-4-10-11(2)5-6/h4-5,8H,3,9H2,1-2H3. The third-order valence-corrected chi connectivity index (χ3v) is 1.78. The number of nitrogens with zero attached hydrogens (tertiary/aromatic N) is 2. The smallest absolute Gasteiger partial charge is 0.153 e. The van der Waals surface area contributed by atoms with Gasteiger partial charge in [-0.25, -0.2) is 0 Å². The molecule has 0 aliphatic heterocycles. The Labute approximate surface area is 71.4 Å². The van der Waals surface area contributed by atoms with Gasteiger partial charge in [-0.2, -0.15) is 5.10 Å². The summed E-state index contributed by atoms with van der Waals surface area (Å²) in [6.45, 7) is 1.80.